The molecular formula is C8H13NO3S. The Hall–Kier alpha value is -0.840. The van der Waals surface area contributed by atoms with E-state index in [1.165, 1.54) is 0 Å². The summed E-state index contributed by atoms with van der Waals surface area (Å²) in [6, 6.07) is 0. The second-order valence-corrected chi connectivity index (χ2v) is 5.69. The van der Waals surface area contributed by atoms with Crippen LogP contribution in [0.15, 0.2) is 9.42 Å². The van der Waals surface area contributed by atoms with Crippen LogP contribution in [0.3, 0.4) is 0 Å². The number of aromatic nitrogens is 1. The molecule has 74 valence electrons. The first kappa shape index (κ1) is 10.2. The topological polar surface area (TPSA) is 60.2 Å². The molecule has 0 bridgehead atoms. The molecule has 1 rings (SSSR count). The molecule has 1 aromatic heterocycles. The highest BCUT2D eigenvalue weighted by molar-refractivity contribution is 7.92. The molecule has 0 aromatic carbocycles. The second kappa shape index (κ2) is 3.14. The van der Waals surface area contributed by atoms with Crippen LogP contribution in [0.2, 0.25) is 0 Å². The van der Waals surface area contributed by atoms with E-state index in [4.69, 9.17) is 4.52 Å². The van der Waals surface area contributed by atoms with Crippen LogP contribution in [0.4, 0.5) is 0 Å². The molecule has 1 heterocycles. The van der Waals surface area contributed by atoms with Crippen LogP contribution in [0.25, 0.3) is 0 Å². The predicted molar refractivity (Wildman–Crippen MR) is 48.3 cm³/mol. The molecule has 13 heavy (non-hydrogen) atoms. The summed E-state index contributed by atoms with van der Waals surface area (Å²) in [4.78, 5) is 0.238. The fraction of sp³-hybridized carbons (Fsp3) is 0.625. The first-order valence-electron chi connectivity index (χ1n) is 4.04. The van der Waals surface area contributed by atoms with E-state index in [0.29, 0.717) is 11.5 Å². The van der Waals surface area contributed by atoms with Gasteiger partial charge in [0.15, 0.2) is 15.6 Å². The van der Waals surface area contributed by atoms with Gasteiger partial charge in [0.2, 0.25) is 0 Å². The zero-order chi connectivity index (χ0) is 10.2. The van der Waals surface area contributed by atoms with Crippen LogP contribution in [0.1, 0.15) is 25.3 Å². The highest BCUT2D eigenvalue weighted by Gasteiger charge is 2.26. The Balaban J connectivity index is 3.38. The quantitative estimate of drug-likeness (QED) is 0.730. The summed E-state index contributed by atoms with van der Waals surface area (Å²) in [7, 11) is -3.25. The maximum Gasteiger partial charge on any atom is 0.186 e. The summed E-state index contributed by atoms with van der Waals surface area (Å²) in [5.41, 5.74) is 0.436. The van der Waals surface area contributed by atoms with Crippen molar-refractivity contribution in [1.29, 1.82) is 0 Å². The number of hydrogen-bond donors (Lipinski definition) is 0. The first-order valence-corrected chi connectivity index (χ1v) is 5.58. The van der Waals surface area contributed by atoms with Crippen molar-refractivity contribution >= 4 is 9.84 Å². The summed E-state index contributed by atoms with van der Waals surface area (Å²) in [5.74, 6) is 0.367. The zero-order valence-corrected chi connectivity index (χ0v) is 8.97. The van der Waals surface area contributed by atoms with E-state index in [2.05, 4.69) is 5.16 Å². The van der Waals surface area contributed by atoms with Crippen LogP contribution in [-0.2, 0) is 9.84 Å². The molecule has 0 aliphatic carbocycles. The van der Waals surface area contributed by atoms with Crippen LogP contribution in [0, 0.1) is 13.8 Å². The van der Waals surface area contributed by atoms with E-state index in [1.54, 1.807) is 27.7 Å². The predicted octanol–water partition coefficient (Wildman–Crippen LogP) is 1.47. The second-order valence-electron chi connectivity index (χ2n) is 3.25. The number of aryl methyl sites for hydroxylation is 2. The summed E-state index contributed by atoms with van der Waals surface area (Å²) in [5, 5.41) is 3.17. The molecule has 0 saturated heterocycles. The van der Waals surface area contributed by atoms with Crippen LogP contribution < -0.4 is 0 Å². The van der Waals surface area contributed by atoms with Crippen LogP contribution >= 0.6 is 0 Å². The van der Waals surface area contributed by atoms with Crippen molar-refractivity contribution in [2.45, 2.75) is 37.8 Å². The molecule has 0 N–H and O–H groups in total. The number of hydrogen-bond acceptors (Lipinski definition) is 4. The summed E-state index contributed by atoms with van der Waals surface area (Å²) < 4.78 is 28.3. The number of nitrogens with zero attached hydrogens (tertiary/aromatic N) is 1. The normalized spacial score (nSPS) is 12.4. The summed E-state index contributed by atoms with van der Waals surface area (Å²) >= 11 is 0. The van der Waals surface area contributed by atoms with Crippen molar-refractivity contribution in [3.8, 4) is 0 Å². The minimum atomic E-state index is -3.25. The first-order chi connectivity index (χ1) is 5.87. The monoisotopic (exact) mass is 203 g/mol. The molecule has 4 nitrogen and oxygen atoms in total. The van der Waals surface area contributed by atoms with E-state index in [0.717, 1.165) is 0 Å². The third kappa shape index (κ3) is 1.60. The lowest BCUT2D eigenvalue weighted by molar-refractivity contribution is 0.390. The molecule has 0 saturated carbocycles. The van der Waals surface area contributed by atoms with Gasteiger partial charge < -0.3 is 4.52 Å². The van der Waals surface area contributed by atoms with E-state index < -0.39 is 15.1 Å². The summed E-state index contributed by atoms with van der Waals surface area (Å²) in [6.45, 7) is 6.52. The van der Waals surface area contributed by atoms with Gasteiger partial charge in [-0.2, -0.15) is 0 Å². The lowest BCUT2D eigenvalue weighted by Gasteiger charge is -2.05. The molecule has 0 atom stereocenters. The van der Waals surface area contributed by atoms with Gasteiger partial charge in [-0.1, -0.05) is 5.16 Å². The molecule has 0 aliphatic rings. The van der Waals surface area contributed by atoms with Crippen molar-refractivity contribution in [2.24, 2.45) is 0 Å². The van der Waals surface area contributed by atoms with E-state index in [-0.39, 0.29) is 4.90 Å². The third-order valence-electron chi connectivity index (χ3n) is 1.87. The Labute approximate surface area is 77.8 Å². The Kier molecular flexibility index (Phi) is 2.47. The maximum atomic E-state index is 11.7. The fourth-order valence-electron chi connectivity index (χ4n) is 1.12. The molecule has 0 fully saturated rings. The van der Waals surface area contributed by atoms with Gasteiger partial charge in [-0.3, -0.25) is 0 Å². The van der Waals surface area contributed by atoms with Gasteiger partial charge in [-0.25, -0.2) is 8.42 Å². The van der Waals surface area contributed by atoms with Crippen LogP contribution in [-0.4, -0.2) is 18.8 Å². The van der Waals surface area contributed by atoms with Crippen molar-refractivity contribution in [2.75, 3.05) is 0 Å². The zero-order valence-electron chi connectivity index (χ0n) is 8.16. The standard InChI is InChI=1S/C8H13NO3S/c1-5(2)13(10,11)8-6(3)9-12-7(8)4/h5H,1-4H3. The van der Waals surface area contributed by atoms with Gasteiger partial charge in [0.25, 0.3) is 0 Å². The van der Waals surface area contributed by atoms with Crippen molar-refractivity contribution in [3.63, 3.8) is 0 Å². The molecule has 0 amide bonds. The highest BCUT2D eigenvalue weighted by Crippen LogP contribution is 2.22. The van der Waals surface area contributed by atoms with E-state index in [9.17, 15) is 8.42 Å². The molecule has 1 aromatic rings. The molecule has 0 aliphatic heterocycles. The van der Waals surface area contributed by atoms with Gasteiger partial charge in [-0.15, -0.1) is 0 Å². The largest absolute Gasteiger partial charge is 0.360 e. The van der Waals surface area contributed by atoms with Crippen molar-refractivity contribution in [1.82, 2.24) is 5.16 Å². The molecular weight excluding hydrogens is 190 g/mol. The van der Waals surface area contributed by atoms with Gasteiger partial charge in [0, 0.05) is 0 Å². The average molecular weight is 203 g/mol. The van der Waals surface area contributed by atoms with Gasteiger partial charge >= 0.3 is 0 Å². The van der Waals surface area contributed by atoms with Gasteiger partial charge in [-0.05, 0) is 27.7 Å². The Morgan fingerprint density at radius 1 is 1.31 bits per heavy atom. The minimum absolute atomic E-state index is 0.238. The Morgan fingerprint density at radius 3 is 2.15 bits per heavy atom. The van der Waals surface area contributed by atoms with Gasteiger partial charge in [0.1, 0.15) is 4.90 Å². The highest BCUT2D eigenvalue weighted by atomic mass is 32.2. The van der Waals surface area contributed by atoms with Crippen LogP contribution in [0.5, 0.6) is 0 Å². The van der Waals surface area contributed by atoms with E-state index in [1.807, 2.05) is 0 Å². The Morgan fingerprint density at radius 2 is 1.85 bits per heavy atom. The number of sulfone groups is 1. The van der Waals surface area contributed by atoms with E-state index >= 15 is 0 Å². The lowest BCUT2D eigenvalue weighted by Crippen LogP contribution is -2.15. The maximum absolute atomic E-state index is 11.7. The van der Waals surface area contributed by atoms with Gasteiger partial charge in [0.05, 0.1) is 10.9 Å². The van der Waals surface area contributed by atoms with Crippen molar-refractivity contribution < 1.29 is 12.9 Å². The summed E-state index contributed by atoms with van der Waals surface area (Å²) in [6.07, 6.45) is 0. The SMILES string of the molecule is Cc1noc(C)c1S(=O)(=O)C(C)C. The molecule has 0 radical (unpaired) electrons. The number of rotatable bonds is 2. The minimum Gasteiger partial charge on any atom is -0.360 e. The Bertz CT molecular complexity index is 384. The average Bonchev–Trinajstić information content (AvgIpc) is 2.30. The molecule has 5 heteroatoms. The molecule has 0 spiro atoms. The fourth-order valence-corrected chi connectivity index (χ4v) is 2.47. The van der Waals surface area contributed by atoms with Crippen molar-refractivity contribution in [3.05, 3.63) is 11.5 Å². The lowest BCUT2D eigenvalue weighted by atomic mass is 10.4. The molecule has 0 unspecified atom stereocenters. The smallest absolute Gasteiger partial charge is 0.186 e. The third-order valence-corrected chi connectivity index (χ3v) is 4.27.